The summed E-state index contributed by atoms with van der Waals surface area (Å²) in [6, 6.07) is 4.45. The molecule has 7 atom stereocenters. The zero-order chi connectivity index (χ0) is 24.4. The van der Waals surface area contributed by atoms with E-state index in [0.717, 1.165) is 6.08 Å². The summed E-state index contributed by atoms with van der Waals surface area (Å²) >= 11 is 0. The number of allylic oxidation sites excluding steroid dienone is 1. The molecule has 33 heavy (non-hydrogen) atoms. The maximum Gasteiger partial charge on any atom is 0.330 e. The lowest BCUT2D eigenvalue weighted by Crippen LogP contribution is -2.72. The fourth-order valence-electron chi connectivity index (χ4n) is 5.73. The summed E-state index contributed by atoms with van der Waals surface area (Å²) in [5.74, 6) is -9.74. The van der Waals surface area contributed by atoms with Crippen molar-refractivity contribution in [2.45, 2.75) is 37.1 Å². The lowest BCUT2D eigenvalue weighted by atomic mass is 9.51. The van der Waals surface area contributed by atoms with Crippen LogP contribution in [0.4, 0.5) is 0 Å². The third kappa shape index (κ3) is 2.94. The first-order valence-corrected chi connectivity index (χ1v) is 10.3. The number of aliphatic hydroxyl groups excluding tert-OH is 2. The second-order valence-electron chi connectivity index (χ2n) is 8.70. The van der Waals surface area contributed by atoms with Gasteiger partial charge in [-0.05, 0) is 17.5 Å². The molecule has 3 aliphatic rings. The monoisotopic (exact) mass is 457 g/mol. The standard InChI is InChI=1S/C23H23NO9/c1-3-13(27)33-19-10-7-12(26)16(22(24)31)20(29)23(10,32)21(30)17-14(19)8(2)9-5-4-6-11(25)15(9)18(17)28/h3-6,8,10,14,17,19,21,25-26,30,32H,1,7H2,2H3,(H2,24,31). The third-order valence-corrected chi connectivity index (χ3v) is 7.20. The van der Waals surface area contributed by atoms with Gasteiger partial charge in [-0.1, -0.05) is 25.6 Å². The number of ether oxygens (including phenoxy) is 1. The molecule has 0 aliphatic heterocycles. The third-order valence-electron chi connectivity index (χ3n) is 7.20. The Labute approximate surface area is 188 Å². The van der Waals surface area contributed by atoms with Crippen LogP contribution in [0.2, 0.25) is 0 Å². The number of primary amides is 1. The predicted octanol–water partition coefficient (Wildman–Crippen LogP) is 0.0142. The number of hydrogen-bond acceptors (Lipinski definition) is 9. The SMILES string of the molecule is C=CC(=O)OC1C2C(C)c3cccc(O)c3C(=O)C2C(O)C2(O)C(=O)C(C(N)=O)=C(O)CC12. The Balaban J connectivity index is 1.96. The van der Waals surface area contributed by atoms with E-state index in [-0.39, 0.29) is 11.3 Å². The van der Waals surface area contributed by atoms with Crippen molar-refractivity contribution in [1.29, 1.82) is 0 Å². The normalized spacial score (nSPS) is 35.2. The molecular weight excluding hydrogens is 434 g/mol. The van der Waals surface area contributed by atoms with Crippen molar-refractivity contribution in [3.63, 3.8) is 0 Å². The highest BCUT2D eigenvalue weighted by atomic mass is 16.5. The Hall–Kier alpha value is -3.50. The molecule has 0 spiro atoms. The highest BCUT2D eigenvalue weighted by Crippen LogP contribution is 2.56. The number of ketones is 2. The molecule has 1 aromatic carbocycles. The van der Waals surface area contributed by atoms with Crippen LogP contribution < -0.4 is 5.73 Å². The molecular formula is C23H23NO9. The number of carbonyl (C=O) groups is 4. The van der Waals surface area contributed by atoms with Crippen molar-refractivity contribution in [1.82, 2.24) is 0 Å². The fourth-order valence-corrected chi connectivity index (χ4v) is 5.73. The molecule has 0 bridgehead atoms. The number of nitrogens with two attached hydrogens (primary N) is 1. The summed E-state index contributed by atoms with van der Waals surface area (Å²) in [6.45, 7) is 5.04. The van der Waals surface area contributed by atoms with E-state index in [1.807, 2.05) is 0 Å². The molecule has 10 heteroatoms. The van der Waals surface area contributed by atoms with E-state index in [2.05, 4.69) is 6.58 Å². The molecule has 1 fully saturated rings. The van der Waals surface area contributed by atoms with Gasteiger partial charge in [0, 0.05) is 24.3 Å². The molecule has 6 N–H and O–H groups in total. The van der Waals surface area contributed by atoms with E-state index in [1.54, 1.807) is 13.0 Å². The van der Waals surface area contributed by atoms with Gasteiger partial charge in [-0.3, -0.25) is 14.4 Å². The molecule has 1 aromatic rings. The van der Waals surface area contributed by atoms with Crippen LogP contribution in [0.3, 0.4) is 0 Å². The highest BCUT2D eigenvalue weighted by Gasteiger charge is 2.69. The van der Waals surface area contributed by atoms with Gasteiger partial charge in [0.2, 0.25) is 5.78 Å². The number of phenols is 1. The van der Waals surface area contributed by atoms with Gasteiger partial charge in [-0.2, -0.15) is 0 Å². The lowest BCUT2D eigenvalue weighted by molar-refractivity contribution is -0.218. The summed E-state index contributed by atoms with van der Waals surface area (Å²) in [5, 5.41) is 43.4. The van der Waals surface area contributed by atoms with Gasteiger partial charge < -0.3 is 30.9 Å². The number of fused-ring (bicyclic) bond motifs is 3. The number of rotatable bonds is 3. The van der Waals surface area contributed by atoms with Crippen LogP contribution in [0.1, 0.15) is 35.2 Å². The van der Waals surface area contributed by atoms with Gasteiger partial charge >= 0.3 is 5.97 Å². The van der Waals surface area contributed by atoms with Gasteiger partial charge in [0.25, 0.3) is 5.91 Å². The Bertz CT molecular complexity index is 1140. The molecule has 10 nitrogen and oxygen atoms in total. The zero-order valence-electron chi connectivity index (χ0n) is 17.6. The number of phenolic OH excluding ortho intramolecular Hbond substituents is 1. The lowest BCUT2D eigenvalue weighted by Gasteiger charge is -2.56. The number of aliphatic hydroxyl groups is 3. The molecule has 3 aliphatic carbocycles. The van der Waals surface area contributed by atoms with Gasteiger partial charge in [0.15, 0.2) is 11.4 Å². The minimum absolute atomic E-state index is 0.0714. The van der Waals surface area contributed by atoms with Crippen LogP contribution in [0, 0.1) is 17.8 Å². The second-order valence-corrected chi connectivity index (χ2v) is 8.70. The first-order valence-electron chi connectivity index (χ1n) is 10.3. The summed E-state index contributed by atoms with van der Waals surface area (Å²) in [6.07, 6.45) is -3.01. The summed E-state index contributed by atoms with van der Waals surface area (Å²) in [5.41, 5.74) is 1.93. The van der Waals surface area contributed by atoms with E-state index < -0.39 is 82.7 Å². The summed E-state index contributed by atoms with van der Waals surface area (Å²) < 4.78 is 5.50. The zero-order valence-corrected chi connectivity index (χ0v) is 17.6. The maximum atomic E-state index is 13.5. The van der Waals surface area contributed by atoms with E-state index >= 15 is 0 Å². The van der Waals surface area contributed by atoms with Crippen molar-refractivity contribution in [3.05, 3.63) is 53.3 Å². The number of benzene rings is 1. The number of carbonyl (C=O) groups excluding carboxylic acids is 4. The van der Waals surface area contributed by atoms with Crippen molar-refractivity contribution < 1.29 is 44.3 Å². The molecule has 174 valence electrons. The quantitative estimate of drug-likeness (QED) is 0.237. The van der Waals surface area contributed by atoms with Gasteiger partial charge in [-0.15, -0.1) is 0 Å². The Morgan fingerprint density at radius 2 is 1.94 bits per heavy atom. The predicted molar refractivity (Wildman–Crippen MR) is 111 cm³/mol. The van der Waals surface area contributed by atoms with Crippen LogP contribution in [-0.2, 0) is 19.1 Å². The highest BCUT2D eigenvalue weighted by molar-refractivity contribution is 6.23. The number of amides is 1. The molecule has 4 rings (SSSR count). The van der Waals surface area contributed by atoms with E-state index in [4.69, 9.17) is 10.5 Å². The average Bonchev–Trinajstić information content (AvgIpc) is 2.75. The number of aromatic hydroxyl groups is 1. The largest absolute Gasteiger partial charge is 0.511 e. The molecule has 1 saturated carbocycles. The number of hydrogen-bond donors (Lipinski definition) is 5. The van der Waals surface area contributed by atoms with Crippen molar-refractivity contribution in [2.24, 2.45) is 23.5 Å². The number of Topliss-reactive ketones (excluding diaryl/α,β-unsaturated/α-hetero) is 2. The Morgan fingerprint density at radius 1 is 1.27 bits per heavy atom. The van der Waals surface area contributed by atoms with Crippen LogP contribution >= 0.6 is 0 Å². The summed E-state index contributed by atoms with van der Waals surface area (Å²) in [4.78, 5) is 50.6. The van der Waals surface area contributed by atoms with Gasteiger partial charge in [0.05, 0.1) is 11.5 Å². The fraction of sp³-hybridized carbons (Fsp3) is 0.391. The minimum atomic E-state index is -2.76. The molecule has 0 aromatic heterocycles. The van der Waals surface area contributed by atoms with Crippen molar-refractivity contribution in [3.8, 4) is 5.75 Å². The first kappa shape index (κ1) is 22.7. The first-order chi connectivity index (χ1) is 15.5. The van der Waals surface area contributed by atoms with Gasteiger partial charge in [-0.25, -0.2) is 4.79 Å². The second kappa shape index (κ2) is 7.53. The molecule has 0 radical (unpaired) electrons. The van der Waals surface area contributed by atoms with Crippen LogP contribution in [0.5, 0.6) is 5.75 Å². The number of esters is 1. The topological polar surface area (TPSA) is 184 Å². The maximum absolute atomic E-state index is 13.5. The smallest absolute Gasteiger partial charge is 0.330 e. The average molecular weight is 457 g/mol. The van der Waals surface area contributed by atoms with Crippen LogP contribution in [-0.4, -0.2) is 61.7 Å². The molecule has 1 amide bonds. The summed E-state index contributed by atoms with van der Waals surface area (Å²) in [7, 11) is 0. The van der Waals surface area contributed by atoms with Crippen LogP contribution in [0.25, 0.3) is 0 Å². The molecule has 7 unspecified atom stereocenters. The van der Waals surface area contributed by atoms with Crippen molar-refractivity contribution in [2.75, 3.05) is 0 Å². The van der Waals surface area contributed by atoms with Crippen molar-refractivity contribution >= 4 is 23.4 Å². The molecule has 0 saturated heterocycles. The Kier molecular flexibility index (Phi) is 5.18. The van der Waals surface area contributed by atoms with Gasteiger partial charge in [0.1, 0.15) is 29.3 Å². The Morgan fingerprint density at radius 3 is 2.55 bits per heavy atom. The van der Waals surface area contributed by atoms with E-state index in [9.17, 15) is 39.6 Å². The minimum Gasteiger partial charge on any atom is -0.511 e. The van der Waals surface area contributed by atoms with E-state index in [0.29, 0.717) is 5.56 Å². The molecule has 0 heterocycles. The van der Waals surface area contributed by atoms with Crippen LogP contribution in [0.15, 0.2) is 42.2 Å². The van der Waals surface area contributed by atoms with E-state index in [1.165, 1.54) is 12.1 Å².